The molecule has 1 aliphatic heterocycles. The van der Waals surface area contributed by atoms with Crippen LogP contribution in [0.2, 0.25) is 0 Å². The molecule has 0 aliphatic carbocycles. The minimum atomic E-state index is -0.878. The standard InChI is InChI=1S/C19H19NO5/c1-11(19(22)23)12-4-6-14(7-5-12)20-10-13-8-16(24-2)17(25-3)9-15(13)18(20)21/h4-9,11H,10H2,1-3H3,(H,22,23). The van der Waals surface area contributed by atoms with Gasteiger partial charge in [0.1, 0.15) is 0 Å². The van der Waals surface area contributed by atoms with Crippen molar-refractivity contribution in [3.05, 3.63) is 53.1 Å². The molecular formula is C19H19NO5. The van der Waals surface area contributed by atoms with Gasteiger partial charge in [-0.25, -0.2) is 0 Å². The topological polar surface area (TPSA) is 76.1 Å². The van der Waals surface area contributed by atoms with E-state index in [1.54, 1.807) is 49.3 Å². The summed E-state index contributed by atoms with van der Waals surface area (Å²) in [6, 6.07) is 10.5. The highest BCUT2D eigenvalue weighted by Gasteiger charge is 2.30. The van der Waals surface area contributed by atoms with E-state index in [4.69, 9.17) is 14.6 Å². The summed E-state index contributed by atoms with van der Waals surface area (Å²) in [6.07, 6.45) is 0. The number of nitrogens with zero attached hydrogens (tertiary/aromatic N) is 1. The molecule has 0 fully saturated rings. The van der Waals surface area contributed by atoms with E-state index in [9.17, 15) is 9.59 Å². The van der Waals surface area contributed by atoms with E-state index in [0.29, 0.717) is 29.2 Å². The van der Waals surface area contributed by atoms with Gasteiger partial charge in [-0.2, -0.15) is 0 Å². The third-order valence-electron chi connectivity index (χ3n) is 4.49. The van der Waals surface area contributed by atoms with Crippen LogP contribution in [-0.4, -0.2) is 31.2 Å². The van der Waals surface area contributed by atoms with Crippen LogP contribution in [0.4, 0.5) is 5.69 Å². The summed E-state index contributed by atoms with van der Waals surface area (Å²) in [4.78, 5) is 25.5. The van der Waals surface area contributed by atoms with Gasteiger partial charge in [0.15, 0.2) is 11.5 Å². The van der Waals surface area contributed by atoms with E-state index < -0.39 is 11.9 Å². The van der Waals surface area contributed by atoms with Crippen LogP contribution in [0.25, 0.3) is 0 Å². The van der Waals surface area contributed by atoms with Gasteiger partial charge in [0.25, 0.3) is 5.91 Å². The molecule has 6 nitrogen and oxygen atoms in total. The van der Waals surface area contributed by atoms with Crippen LogP contribution in [0, 0.1) is 0 Å². The van der Waals surface area contributed by atoms with Gasteiger partial charge in [-0.15, -0.1) is 0 Å². The Kier molecular flexibility index (Phi) is 4.35. The minimum absolute atomic E-state index is 0.116. The molecule has 2 aromatic rings. The van der Waals surface area contributed by atoms with Crippen LogP contribution in [0.15, 0.2) is 36.4 Å². The summed E-state index contributed by atoms with van der Waals surface area (Å²) in [5, 5.41) is 9.09. The number of rotatable bonds is 5. The zero-order valence-corrected chi connectivity index (χ0v) is 14.3. The van der Waals surface area contributed by atoms with Crippen LogP contribution in [0.5, 0.6) is 11.5 Å². The van der Waals surface area contributed by atoms with Gasteiger partial charge < -0.3 is 19.5 Å². The molecule has 1 N–H and O–H groups in total. The van der Waals surface area contributed by atoms with Crippen molar-refractivity contribution < 1.29 is 24.2 Å². The Bertz CT molecular complexity index is 828. The monoisotopic (exact) mass is 341 g/mol. The molecule has 0 saturated carbocycles. The second kappa shape index (κ2) is 6.47. The van der Waals surface area contributed by atoms with Crippen molar-refractivity contribution in [1.82, 2.24) is 0 Å². The predicted molar refractivity (Wildman–Crippen MR) is 92.6 cm³/mol. The number of ether oxygens (including phenoxy) is 2. The molecular weight excluding hydrogens is 322 g/mol. The maximum atomic E-state index is 12.7. The van der Waals surface area contributed by atoms with Gasteiger partial charge in [-0.05, 0) is 42.3 Å². The van der Waals surface area contributed by atoms with Gasteiger partial charge in [0, 0.05) is 11.3 Å². The lowest BCUT2D eigenvalue weighted by Gasteiger charge is -2.16. The average molecular weight is 341 g/mol. The molecule has 3 rings (SSSR count). The Morgan fingerprint density at radius 1 is 1.12 bits per heavy atom. The van der Waals surface area contributed by atoms with Crippen LogP contribution in [0.1, 0.15) is 34.3 Å². The quantitative estimate of drug-likeness (QED) is 0.904. The van der Waals surface area contributed by atoms with Crippen molar-refractivity contribution in [1.29, 1.82) is 0 Å². The molecule has 0 saturated heterocycles. The zero-order valence-electron chi connectivity index (χ0n) is 14.3. The summed E-state index contributed by atoms with van der Waals surface area (Å²) in [7, 11) is 3.09. The summed E-state index contributed by atoms with van der Waals surface area (Å²) in [6.45, 7) is 2.06. The lowest BCUT2D eigenvalue weighted by molar-refractivity contribution is -0.138. The SMILES string of the molecule is COc1cc2c(cc1OC)C(=O)N(c1ccc(C(C)C(=O)O)cc1)C2. The van der Waals surface area contributed by atoms with Crippen molar-refractivity contribution in [2.75, 3.05) is 19.1 Å². The Balaban J connectivity index is 1.90. The number of carboxylic acid groups (broad SMARTS) is 1. The van der Waals surface area contributed by atoms with Gasteiger partial charge in [0.2, 0.25) is 0 Å². The Morgan fingerprint density at radius 3 is 2.28 bits per heavy atom. The number of amides is 1. The van der Waals surface area contributed by atoms with Crippen molar-refractivity contribution in [3.8, 4) is 11.5 Å². The zero-order chi connectivity index (χ0) is 18.1. The van der Waals surface area contributed by atoms with Crippen molar-refractivity contribution in [3.63, 3.8) is 0 Å². The summed E-state index contributed by atoms with van der Waals surface area (Å²) < 4.78 is 10.6. The molecule has 0 aromatic heterocycles. The van der Waals surface area contributed by atoms with Crippen molar-refractivity contribution in [2.45, 2.75) is 19.4 Å². The maximum absolute atomic E-state index is 12.7. The molecule has 25 heavy (non-hydrogen) atoms. The molecule has 1 atom stereocenters. The molecule has 1 aliphatic rings. The second-order valence-electron chi connectivity index (χ2n) is 5.91. The molecule has 6 heteroatoms. The highest BCUT2D eigenvalue weighted by Crippen LogP contribution is 2.36. The minimum Gasteiger partial charge on any atom is -0.493 e. The third kappa shape index (κ3) is 2.91. The average Bonchev–Trinajstić information content (AvgIpc) is 2.95. The van der Waals surface area contributed by atoms with E-state index >= 15 is 0 Å². The van der Waals surface area contributed by atoms with E-state index in [1.807, 2.05) is 6.07 Å². The predicted octanol–water partition coefficient (Wildman–Crippen LogP) is 3.05. The van der Waals surface area contributed by atoms with E-state index in [1.165, 1.54) is 7.11 Å². The smallest absolute Gasteiger partial charge is 0.310 e. The lowest BCUT2D eigenvalue weighted by Crippen LogP contribution is -2.23. The third-order valence-corrected chi connectivity index (χ3v) is 4.49. The fraction of sp³-hybridized carbons (Fsp3) is 0.263. The highest BCUT2D eigenvalue weighted by molar-refractivity contribution is 6.10. The number of hydrogen-bond acceptors (Lipinski definition) is 4. The van der Waals surface area contributed by atoms with Crippen LogP contribution >= 0.6 is 0 Å². The summed E-state index contributed by atoms with van der Waals surface area (Å²) >= 11 is 0. The molecule has 0 bridgehead atoms. The number of carboxylic acids is 1. The summed E-state index contributed by atoms with van der Waals surface area (Å²) in [5.41, 5.74) is 2.87. The molecule has 2 aromatic carbocycles. The number of anilines is 1. The highest BCUT2D eigenvalue weighted by atomic mass is 16.5. The van der Waals surface area contributed by atoms with Crippen molar-refractivity contribution in [2.24, 2.45) is 0 Å². The molecule has 0 spiro atoms. The largest absolute Gasteiger partial charge is 0.493 e. The fourth-order valence-electron chi connectivity index (χ4n) is 2.93. The Morgan fingerprint density at radius 2 is 1.72 bits per heavy atom. The van der Waals surface area contributed by atoms with E-state index in [-0.39, 0.29) is 5.91 Å². The van der Waals surface area contributed by atoms with Gasteiger partial charge >= 0.3 is 5.97 Å². The second-order valence-corrected chi connectivity index (χ2v) is 5.91. The number of methoxy groups -OCH3 is 2. The number of carbonyl (C=O) groups is 2. The number of benzene rings is 2. The molecule has 1 unspecified atom stereocenters. The summed E-state index contributed by atoms with van der Waals surface area (Å²) in [5.74, 6) is -0.482. The molecule has 1 amide bonds. The maximum Gasteiger partial charge on any atom is 0.310 e. The number of fused-ring (bicyclic) bond motifs is 1. The molecule has 1 heterocycles. The first-order valence-electron chi connectivity index (χ1n) is 7.85. The van der Waals surface area contributed by atoms with E-state index in [2.05, 4.69) is 0 Å². The Labute approximate surface area is 145 Å². The first-order chi connectivity index (χ1) is 12.0. The van der Waals surface area contributed by atoms with Gasteiger partial charge in [-0.3, -0.25) is 9.59 Å². The van der Waals surface area contributed by atoms with Crippen LogP contribution < -0.4 is 14.4 Å². The molecule has 0 radical (unpaired) electrons. The van der Waals surface area contributed by atoms with Crippen LogP contribution in [-0.2, 0) is 11.3 Å². The first kappa shape index (κ1) is 16.8. The number of carbonyl (C=O) groups excluding carboxylic acids is 1. The number of aliphatic carboxylic acids is 1. The lowest BCUT2D eigenvalue weighted by atomic mass is 10.0. The van der Waals surface area contributed by atoms with Gasteiger partial charge in [0.05, 0.1) is 26.7 Å². The fourth-order valence-corrected chi connectivity index (χ4v) is 2.93. The Hall–Kier alpha value is -3.02. The number of hydrogen-bond donors (Lipinski definition) is 1. The molecule has 130 valence electrons. The van der Waals surface area contributed by atoms with Crippen LogP contribution in [0.3, 0.4) is 0 Å². The van der Waals surface area contributed by atoms with Crippen molar-refractivity contribution >= 4 is 17.6 Å². The van der Waals surface area contributed by atoms with Gasteiger partial charge in [-0.1, -0.05) is 12.1 Å². The van der Waals surface area contributed by atoms with E-state index in [0.717, 1.165) is 11.3 Å². The first-order valence-corrected chi connectivity index (χ1v) is 7.85. The normalized spacial score (nSPS) is 14.2.